The van der Waals surface area contributed by atoms with Crippen molar-refractivity contribution in [2.24, 2.45) is 5.84 Å². The zero-order valence-electron chi connectivity index (χ0n) is 7.94. The second-order valence-electron chi connectivity index (χ2n) is 3.14. The quantitative estimate of drug-likeness (QED) is 0.671. The van der Waals surface area contributed by atoms with Gasteiger partial charge in [0.2, 0.25) is 0 Å². The summed E-state index contributed by atoms with van der Waals surface area (Å²) in [5.41, 5.74) is 2.76. The number of nitrogens with two attached hydrogens (primary N) is 1. The third-order valence-corrected chi connectivity index (χ3v) is 3.45. The summed E-state index contributed by atoms with van der Waals surface area (Å²) in [6, 6.07) is 7.93. The minimum atomic E-state index is 0.0231. The molecule has 2 heterocycles. The lowest BCUT2D eigenvalue weighted by Gasteiger charge is -2.11. The Kier molecular flexibility index (Phi) is 3.58. The molecule has 0 spiro atoms. The van der Waals surface area contributed by atoms with E-state index in [0.29, 0.717) is 0 Å². The molecule has 3 nitrogen and oxygen atoms in total. The number of hydrazine groups is 1. The second kappa shape index (κ2) is 4.94. The molecule has 5 heteroatoms. The highest BCUT2D eigenvalue weighted by atomic mass is 79.9. The smallest absolute Gasteiger partial charge is 0.169 e. The van der Waals surface area contributed by atoms with E-state index in [0.717, 1.165) is 16.9 Å². The van der Waals surface area contributed by atoms with Gasteiger partial charge in [-0.05, 0) is 39.5 Å². The van der Waals surface area contributed by atoms with E-state index in [1.165, 1.54) is 4.88 Å². The van der Waals surface area contributed by atoms with Crippen molar-refractivity contribution < 1.29 is 4.42 Å². The molecule has 0 amide bonds. The second-order valence-corrected chi connectivity index (χ2v) is 4.96. The molecular formula is C10H11BrN2OS. The molecule has 0 aliphatic heterocycles. The maximum absolute atomic E-state index is 5.51. The lowest BCUT2D eigenvalue weighted by molar-refractivity contribution is 0.406. The van der Waals surface area contributed by atoms with Gasteiger partial charge in [0.1, 0.15) is 5.76 Å². The number of rotatable bonds is 4. The van der Waals surface area contributed by atoms with E-state index >= 15 is 0 Å². The number of thiophene rings is 1. The highest BCUT2D eigenvalue weighted by molar-refractivity contribution is 9.10. The molecule has 0 radical (unpaired) electrons. The molecule has 0 fully saturated rings. The zero-order valence-corrected chi connectivity index (χ0v) is 10.3. The fourth-order valence-corrected chi connectivity index (χ4v) is 2.46. The van der Waals surface area contributed by atoms with Crippen LogP contribution in [0.1, 0.15) is 16.7 Å². The van der Waals surface area contributed by atoms with Gasteiger partial charge in [0, 0.05) is 11.3 Å². The summed E-state index contributed by atoms with van der Waals surface area (Å²) in [5.74, 6) is 6.36. The van der Waals surface area contributed by atoms with Crippen molar-refractivity contribution in [1.29, 1.82) is 0 Å². The molecule has 0 aliphatic carbocycles. The highest BCUT2D eigenvalue weighted by Gasteiger charge is 2.14. The summed E-state index contributed by atoms with van der Waals surface area (Å²) in [6.07, 6.45) is 0.841. The van der Waals surface area contributed by atoms with Crippen LogP contribution in [0.2, 0.25) is 0 Å². The van der Waals surface area contributed by atoms with Crippen molar-refractivity contribution >= 4 is 27.3 Å². The number of hydrogen-bond donors (Lipinski definition) is 2. The molecule has 80 valence electrons. The zero-order chi connectivity index (χ0) is 10.7. The van der Waals surface area contributed by atoms with E-state index in [2.05, 4.69) is 32.8 Å². The van der Waals surface area contributed by atoms with Crippen LogP contribution in [0.4, 0.5) is 0 Å². The predicted octanol–water partition coefficient (Wildman–Crippen LogP) is 2.85. The summed E-state index contributed by atoms with van der Waals surface area (Å²) in [4.78, 5) is 1.28. The molecule has 2 aromatic heterocycles. The Balaban J connectivity index is 2.11. The minimum Gasteiger partial charge on any atom is -0.453 e. The SMILES string of the molecule is NNC(Cc1cccs1)c1ccc(Br)o1. The van der Waals surface area contributed by atoms with E-state index in [9.17, 15) is 0 Å². The van der Waals surface area contributed by atoms with Crippen molar-refractivity contribution in [2.45, 2.75) is 12.5 Å². The monoisotopic (exact) mass is 286 g/mol. The largest absolute Gasteiger partial charge is 0.453 e. The predicted molar refractivity (Wildman–Crippen MR) is 64.5 cm³/mol. The van der Waals surface area contributed by atoms with Crippen LogP contribution >= 0.6 is 27.3 Å². The Morgan fingerprint density at radius 3 is 2.87 bits per heavy atom. The Labute approximate surface area is 100 Å². The van der Waals surface area contributed by atoms with Gasteiger partial charge in [-0.1, -0.05) is 6.07 Å². The molecule has 0 saturated heterocycles. The van der Waals surface area contributed by atoms with Gasteiger partial charge in [-0.2, -0.15) is 0 Å². The molecular weight excluding hydrogens is 276 g/mol. The molecule has 0 bridgehead atoms. The molecule has 15 heavy (non-hydrogen) atoms. The Hall–Kier alpha value is -0.620. The topological polar surface area (TPSA) is 51.2 Å². The van der Waals surface area contributed by atoms with Crippen LogP contribution in [0.15, 0.2) is 38.7 Å². The Morgan fingerprint density at radius 2 is 2.33 bits per heavy atom. The fourth-order valence-electron chi connectivity index (χ4n) is 1.39. The lowest BCUT2D eigenvalue weighted by Crippen LogP contribution is -2.29. The summed E-state index contributed by atoms with van der Waals surface area (Å²) >= 11 is 4.99. The van der Waals surface area contributed by atoms with Gasteiger partial charge < -0.3 is 4.42 Å². The Bertz CT molecular complexity index is 413. The van der Waals surface area contributed by atoms with Crippen molar-refractivity contribution in [3.63, 3.8) is 0 Å². The maximum atomic E-state index is 5.51. The molecule has 1 atom stereocenters. The van der Waals surface area contributed by atoms with Gasteiger partial charge in [-0.3, -0.25) is 5.84 Å². The number of furan rings is 1. The average molecular weight is 287 g/mol. The lowest BCUT2D eigenvalue weighted by atomic mass is 10.1. The first-order chi connectivity index (χ1) is 7.29. The van der Waals surface area contributed by atoms with Crippen LogP contribution in [0, 0.1) is 0 Å². The van der Waals surface area contributed by atoms with Crippen LogP contribution in [-0.4, -0.2) is 0 Å². The van der Waals surface area contributed by atoms with Gasteiger partial charge in [0.05, 0.1) is 6.04 Å². The third-order valence-electron chi connectivity index (χ3n) is 2.12. The summed E-state index contributed by atoms with van der Waals surface area (Å²) in [6.45, 7) is 0. The summed E-state index contributed by atoms with van der Waals surface area (Å²) < 4.78 is 6.19. The first-order valence-corrected chi connectivity index (χ1v) is 6.20. The van der Waals surface area contributed by atoms with E-state index < -0.39 is 0 Å². The fraction of sp³-hybridized carbons (Fsp3) is 0.200. The van der Waals surface area contributed by atoms with Gasteiger partial charge >= 0.3 is 0 Å². The minimum absolute atomic E-state index is 0.0231. The van der Waals surface area contributed by atoms with E-state index in [1.54, 1.807) is 11.3 Å². The molecule has 1 unspecified atom stereocenters. The molecule has 0 saturated carbocycles. The van der Waals surface area contributed by atoms with Gasteiger partial charge in [-0.25, -0.2) is 5.43 Å². The first kappa shape index (κ1) is 10.9. The van der Waals surface area contributed by atoms with Crippen molar-refractivity contribution in [3.8, 4) is 0 Å². The molecule has 2 aromatic rings. The average Bonchev–Trinajstić information content (AvgIpc) is 2.85. The van der Waals surface area contributed by atoms with Crippen LogP contribution < -0.4 is 11.3 Å². The van der Waals surface area contributed by atoms with Crippen LogP contribution in [0.5, 0.6) is 0 Å². The molecule has 0 aliphatic rings. The van der Waals surface area contributed by atoms with E-state index in [-0.39, 0.29) is 6.04 Å². The van der Waals surface area contributed by atoms with E-state index in [4.69, 9.17) is 10.3 Å². The maximum Gasteiger partial charge on any atom is 0.169 e. The number of nitrogens with one attached hydrogen (secondary N) is 1. The standard InChI is InChI=1S/C10H11BrN2OS/c11-10-4-3-9(14-10)8(13-12)6-7-2-1-5-15-7/h1-5,8,13H,6,12H2. The van der Waals surface area contributed by atoms with Gasteiger partial charge in [-0.15, -0.1) is 11.3 Å². The van der Waals surface area contributed by atoms with Crippen molar-refractivity contribution in [2.75, 3.05) is 0 Å². The van der Waals surface area contributed by atoms with Crippen LogP contribution in [-0.2, 0) is 6.42 Å². The van der Waals surface area contributed by atoms with Crippen molar-refractivity contribution in [1.82, 2.24) is 5.43 Å². The van der Waals surface area contributed by atoms with Crippen molar-refractivity contribution in [3.05, 3.63) is 45.0 Å². The summed E-state index contributed by atoms with van der Waals surface area (Å²) in [5, 5.41) is 2.06. The van der Waals surface area contributed by atoms with Crippen LogP contribution in [0.25, 0.3) is 0 Å². The highest BCUT2D eigenvalue weighted by Crippen LogP contribution is 2.24. The first-order valence-electron chi connectivity index (χ1n) is 4.53. The number of hydrogen-bond acceptors (Lipinski definition) is 4. The van der Waals surface area contributed by atoms with Gasteiger partial charge in [0.25, 0.3) is 0 Å². The third kappa shape index (κ3) is 2.69. The van der Waals surface area contributed by atoms with Gasteiger partial charge in [0.15, 0.2) is 4.67 Å². The van der Waals surface area contributed by atoms with E-state index in [1.807, 2.05) is 18.2 Å². The molecule has 2 rings (SSSR count). The summed E-state index contributed by atoms with van der Waals surface area (Å²) in [7, 11) is 0. The normalized spacial score (nSPS) is 12.9. The van der Waals surface area contributed by atoms with Crippen LogP contribution in [0.3, 0.4) is 0 Å². The molecule has 3 N–H and O–H groups in total. The Morgan fingerprint density at radius 1 is 1.47 bits per heavy atom. The molecule has 0 aromatic carbocycles. The number of halogens is 1.